The van der Waals surface area contributed by atoms with Gasteiger partial charge in [-0.25, -0.2) is 18.4 Å². The highest BCUT2D eigenvalue weighted by Crippen LogP contribution is 2.22. The molecule has 174 valence electrons. The molecule has 2 aromatic heterocycles. The number of benzene rings is 2. The van der Waals surface area contributed by atoms with E-state index in [0.717, 1.165) is 22.4 Å². The predicted molar refractivity (Wildman–Crippen MR) is 127 cm³/mol. The first-order valence-corrected chi connectivity index (χ1v) is 12.4. The Morgan fingerprint density at radius 1 is 1.09 bits per heavy atom. The molecule has 10 heteroatoms. The van der Waals surface area contributed by atoms with Gasteiger partial charge in [0.2, 0.25) is 15.9 Å². The molecule has 0 fully saturated rings. The van der Waals surface area contributed by atoms with Crippen molar-refractivity contribution in [2.45, 2.75) is 38.1 Å². The van der Waals surface area contributed by atoms with Crippen molar-refractivity contribution < 1.29 is 13.2 Å². The fourth-order valence-electron chi connectivity index (χ4n) is 3.91. The number of nitrogens with one attached hydrogen (secondary N) is 2. The SMILES string of the molecule is CCN(CC)S(=O)(=O)c1ccc2c(c1)nc(CCC(=O)NCc1nc3ccccc3[nH]1)n2C. The van der Waals surface area contributed by atoms with E-state index < -0.39 is 10.0 Å². The van der Waals surface area contributed by atoms with Gasteiger partial charge < -0.3 is 14.9 Å². The molecule has 0 unspecified atom stereocenters. The zero-order chi connectivity index (χ0) is 23.6. The third-order valence-electron chi connectivity index (χ3n) is 5.76. The fourth-order valence-corrected chi connectivity index (χ4v) is 5.39. The van der Waals surface area contributed by atoms with Gasteiger partial charge in [-0.05, 0) is 30.3 Å². The van der Waals surface area contributed by atoms with Crippen molar-refractivity contribution in [3.8, 4) is 0 Å². The van der Waals surface area contributed by atoms with Crippen LogP contribution in [0.5, 0.6) is 0 Å². The highest BCUT2D eigenvalue weighted by Gasteiger charge is 2.22. The largest absolute Gasteiger partial charge is 0.349 e. The van der Waals surface area contributed by atoms with Crippen molar-refractivity contribution in [1.29, 1.82) is 0 Å². The van der Waals surface area contributed by atoms with Crippen LogP contribution in [0.25, 0.3) is 22.1 Å². The molecule has 9 nitrogen and oxygen atoms in total. The third kappa shape index (κ3) is 4.62. The lowest BCUT2D eigenvalue weighted by Gasteiger charge is -2.18. The van der Waals surface area contributed by atoms with Gasteiger partial charge in [-0.3, -0.25) is 4.79 Å². The standard InChI is InChI=1S/C23H28N6O3S/c1-4-29(5-2)33(31,32)16-10-11-20-19(14-16)27-22(28(20)3)12-13-23(30)24-15-21-25-17-8-6-7-9-18(17)26-21/h6-11,14H,4-5,12-13,15H2,1-3H3,(H,24,30)(H,25,26). The van der Waals surface area contributed by atoms with Crippen LogP contribution in [0, 0.1) is 0 Å². The Morgan fingerprint density at radius 2 is 1.85 bits per heavy atom. The second-order valence-electron chi connectivity index (χ2n) is 7.80. The summed E-state index contributed by atoms with van der Waals surface area (Å²) in [5.41, 5.74) is 3.22. The Morgan fingerprint density at radius 3 is 2.58 bits per heavy atom. The van der Waals surface area contributed by atoms with Crippen LogP contribution in [0.1, 0.15) is 31.9 Å². The number of aromatic amines is 1. The van der Waals surface area contributed by atoms with Crippen molar-refractivity contribution >= 4 is 38.0 Å². The Labute approximate surface area is 192 Å². The van der Waals surface area contributed by atoms with E-state index in [1.165, 1.54) is 4.31 Å². The first-order chi connectivity index (χ1) is 15.8. The summed E-state index contributed by atoms with van der Waals surface area (Å²) in [5.74, 6) is 1.32. The molecule has 33 heavy (non-hydrogen) atoms. The summed E-state index contributed by atoms with van der Waals surface area (Å²) in [4.78, 5) is 24.9. The Balaban J connectivity index is 1.42. The number of aryl methyl sites for hydroxylation is 2. The van der Waals surface area contributed by atoms with Crippen LogP contribution in [0.3, 0.4) is 0 Å². The van der Waals surface area contributed by atoms with E-state index in [4.69, 9.17) is 0 Å². The molecule has 4 rings (SSSR count). The molecule has 0 saturated carbocycles. The Bertz CT molecular complexity index is 1370. The number of para-hydroxylation sites is 2. The van der Waals surface area contributed by atoms with Gasteiger partial charge in [0.25, 0.3) is 0 Å². The van der Waals surface area contributed by atoms with Crippen LogP contribution in [0.2, 0.25) is 0 Å². The number of hydrogen-bond donors (Lipinski definition) is 2. The van der Waals surface area contributed by atoms with Crippen LogP contribution in [-0.2, 0) is 34.8 Å². The maximum absolute atomic E-state index is 12.8. The topological polar surface area (TPSA) is 113 Å². The number of nitrogens with zero attached hydrogens (tertiary/aromatic N) is 4. The van der Waals surface area contributed by atoms with Crippen LogP contribution < -0.4 is 5.32 Å². The summed E-state index contributed by atoms with van der Waals surface area (Å²) in [6.45, 7) is 4.78. The maximum Gasteiger partial charge on any atom is 0.243 e. The lowest BCUT2D eigenvalue weighted by molar-refractivity contribution is -0.121. The van der Waals surface area contributed by atoms with E-state index in [1.54, 1.807) is 18.2 Å². The second kappa shape index (κ2) is 9.32. The van der Waals surface area contributed by atoms with Gasteiger partial charge >= 0.3 is 0 Å². The molecule has 0 spiro atoms. The van der Waals surface area contributed by atoms with Crippen molar-refractivity contribution in [3.63, 3.8) is 0 Å². The van der Waals surface area contributed by atoms with Crippen LogP contribution in [-0.4, -0.2) is 51.2 Å². The molecule has 1 amide bonds. The van der Waals surface area contributed by atoms with E-state index in [1.807, 2.05) is 49.7 Å². The summed E-state index contributed by atoms with van der Waals surface area (Å²) in [6, 6.07) is 12.7. The van der Waals surface area contributed by atoms with E-state index in [2.05, 4.69) is 20.3 Å². The van der Waals surface area contributed by atoms with Crippen LogP contribution in [0.4, 0.5) is 0 Å². The number of H-pyrrole nitrogens is 1. The Hall–Kier alpha value is -3.24. The van der Waals surface area contributed by atoms with Gasteiger partial charge in [0.15, 0.2) is 0 Å². The monoisotopic (exact) mass is 468 g/mol. The molecular weight excluding hydrogens is 440 g/mol. The average Bonchev–Trinajstić information content (AvgIpc) is 3.37. The minimum absolute atomic E-state index is 0.104. The van der Waals surface area contributed by atoms with E-state index in [0.29, 0.717) is 37.4 Å². The molecule has 2 N–H and O–H groups in total. The molecule has 0 radical (unpaired) electrons. The first kappa shape index (κ1) is 22.9. The van der Waals surface area contributed by atoms with Gasteiger partial charge in [0.05, 0.1) is 33.5 Å². The number of sulfonamides is 1. The van der Waals surface area contributed by atoms with E-state index in [9.17, 15) is 13.2 Å². The van der Waals surface area contributed by atoms with Gasteiger partial charge in [-0.1, -0.05) is 26.0 Å². The fraction of sp³-hybridized carbons (Fsp3) is 0.348. The zero-order valence-corrected chi connectivity index (χ0v) is 19.8. The number of rotatable bonds is 9. The molecule has 0 atom stereocenters. The van der Waals surface area contributed by atoms with Crippen molar-refractivity contribution in [1.82, 2.24) is 29.1 Å². The molecule has 2 heterocycles. The van der Waals surface area contributed by atoms with Crippen LogP contribution in [0.15, 0.2) is 47.4 Å². The molecular formula is C23H28N6O3S. The minimum atomic E-state index is -3.55. The van der Waals surface area contributed by atoms with Crippen LogP contribution >= 0.6 is 0 Å². The van der Waals surface area contributed by atoms with Gasteiger partial charge in [0, 0.05) is 33.0 Å². The number of carbonyl (C=O) groups is 1. The molecule has 0 bridgehead atoms. The molecule has 0 aliphatic carbocycles. The molecule has 2 aromatic carbocycles. The van der Waals surface area contributed by atoms with Crippen molar-refractivity contribution in [2.75, 3.05) is 13.1 Å². The van der Waals surface area contributed by atoms with E-state index >= 15 is 0 Å². The Kier molecular flexibility index (Phi) is 6.48. The second-order valence-corrected chi connectivity index (χ2v) is 9.74. The summed E-state index contributed by atoms with van der Waals surface area (Å²) in [7, 11) is -1.68. The smallest absolute Gasteiger partial charge is 0.243 e. The number of amides is 1. The number of imidazole rings is 2. The third-order valence-corrected chi connectivity index (χ3v) is 7.80. The molecule has 4 aromatic rings. The highest BCUT2D eigenvalue weighted by atomic mass is 32.2. The molecule has 0 aliphatic heterocycles. The lowest BCUT2D eigenvalue weighted by atomic mass is 10.3. The number of hydrogen-bond acceptors (Lipinski definition) is 5. The summed E-state index contributed by atoms with van der Waals surface area (Å²) >= 11 is 0. The predicted octanol–water partition coefficient (Wildman–Crippen LogP) is 2.73. The van der Waals surface area contributed by atoms with Gasteiger partial charge in [-0.15, -0.1) is 0 Å². The maximum atomic E-state index is 12.8. The first-order valence-electron chi connectivity index (χ1n) is 11.0. The average molecular weight is 469 g/mol. The lowest BCUT2D eigenvalue weighted by Crippen LogP contribution is -2.30. The number of aromatic nitrogens is 4. The quantitative estimate of drug-likeness (QED) is 0.392. The van der Waals surface area contributed by atoms with Gasteiger partial charge in [-0.2, -0.15) is 4.31 Å². The summed E-state index contributed by atoms with van der Waals surface area (Å²) in [6.07, 6.45) is 0.706. The number of fused-ring (bicyclic) bond motifs is 2. The normalized spacial score (nSPS) is 12.1. The van der Waals surface area contributed by atoms with Gasteiger partial charge in [0.1, 0.15) is 11.6 Å². The molecule has 0 saturated heterocycles. The number of carbonyl (C=O) groups excluding carboxylic acids is 1. The summed E-state index contributed by atoms with van der Waals surface area (Å²) < 4.78 is 29.0. The zero-order valence-electron chi connectivity index (χ0n) is 19.0. The van der Waals surface area contributed by atoms with E-state index in [-0.39, 0.29) is 17.2 Å². The van der Waals surface area contributed by atoms with Crippen molar-refractivity contribution in [2.24, 2.45) is 7.05 Å². The highest BCUT2D eigenvalue weighted by molar-refractivity contribution is 7.89. The minimum Gasteiger partial charge on any atom is -0.349 e. The summed E-state index contributed by atoms with van der Waals surface area (Å²) in [5, 5.41) is 2.88. The van der Waals surface area contributed by atoms with Crippen molar-refractivity contribution in [3.05, 3.63) is 54.1 Å². The molecule has 0 aliphatic rings.